The molecular weight excluding hydrogens is 214 g/mol. The van der Waals surface area contributed by atoms with Crippen LogP contribution >= 0.6 is 0 Å². The summed E-state index contributed by atoms with van der Waals surface area (Å²) in [5.74, 6) is 0.279. The molecule has 0 aromatic rings. The van der Waals surface area contributed by atoms with Crippen molar-refractivity contribution < 1.29 is 9.90 Å². The first-order valence-electron chi connectivity index (χ1n) is 7.21. The van der Waals surface area contributed by atoms with Crippen LogP contribution in [0.25, 0.3) is 0 Å². The molecule has 3 nitrogen and oxygen atoms in total. The Morgan fingerprint density at radius 1 is 1.18 bits per heavy atom. The summed E-state index contributed by atoms with van der Waals surface area (Å²) in [4.78, 5) is 13.6. The Labute approximate surface area is 104 Å². The first-order chi connectivity index (χ1) is 8.22. The average Bonchev–Trinajstić information content (AvgIpc) is 2.39. The number of likely N-dealkylation sites (tertiary alicyclic amines) is 1. The van der Waals surface area contributed by atoms with Crippen molar-refractivity contribution in [2.24, 2.45) is 5.92 Å². The van der Waals surface area contributed by atoms with Crippen molar-refractivity contribution in [2.75, 3.05) is 6.54 Å². The molecule has 1 N–H and O–H groups in total. The molecule has 0 aromatic heterocycles. The molecule has 3 heteroatoms. The maximum absolute atomic E-state index is 11.3. The lowest BCUT2D eigenvalue weighted by molar-refractivity contribution is -0.146. The van der Waals surface area contributed by atoms with Gasteiger partial charge in [-0.15, -0.1) is 0 Å². The Balaban J connectivity index is 1.93. The summed E-state index contributed by atoms with van der Waals surface area (Å²) in [5, 5.41) is 9.30. The molecule has 1 aliphatic carbocycles. The molecule has 0 spiro atoms. The van der Waals surface area contributed by atoms with Gasteiger partial charge in [0.1, 0.15) is 6.04 Å². The van der Waals surface area contributed by atoms with Gasteiger partial charge in [0.25, 0.3) is 0 Å². The molecule has 17 heavy (non-hydrogen) atoms. The maximum Gasteiger partial charge on any atom is 0.320 e. The lowest BCUT2D eigenvalue weighted by Gasteiger charge is -2.42. The number of rotatable bonds is 3. The van der Waals surface area contributed by atoms with E-state index in [1.54, 1.807) is 0 Å². The molecule has 1 saturated carbocycles. The first-order valence-corrected chi connectivity index (χ1v) is 7.21. The smallest absolute Gasteiger partial charge is 0.320 e. The zero-order valence-corrected chi connectivity index (χ0v) is 10.9. The predicted octanol–water partition coefficient (Wildman–Crippen LogP) is 2.89. The van der Waals surface area contributed by atoms with Crippen LogP contribution in [0.3, 0.4) is 0 Å². The zero-order valence-electron chi connectivity index (χ0n) is 10.9. The van der Waals surface area contributed by atoms with Crippen LogP contribution in [-0.2, 0) is 4.79 Å². The number of carboxylic acids is 1. The van der Waals surface area contributed by atoms with Gasteiger partial charge < -0.3 is 5.11 Å². The Kier molecular flexibility index (Phi) is 4.43. The van der Waals surface area contributed by atoms with Crippen molar-refractivity contribution in [3.05, 3.63) is 0 Å². The van der Waals surface area contributed by atoms with Crippen molar-refractivity contribution in [1.29, 1.82) is 0 Å². The van der Waals surface area contributed by atoms with Crippen LogP contribution in [0.5, 0.6) is 0 Å². The van der Waals surface area contributed by atoms with Gasteiger partial charge in [-0.05, 0) is 51.0 Å². The second kappa shape index (κ2) is 5.85. The van der Waals surface area contributed by atoms with Gasteiger partial charge in [0.05, 0.1) is 0 Å². The third-order valence-electron chi connectivity index (χ3n) is 4.69. The molecule has 98 valence electrons. The van der Waals surface area contributed by atoms with E-state index < -0.39 is 5.97 Å². The third-order valence-corrected chi connectivity index (χ3v) is 4.69. The first kappa shape index (κ1) is 12.9. The van der Waals surface area contributed by atoms with Crippen LogP contribution in [-0.4, -0.2) is 34.6 Å². The Bertz CT molecular complexity index is 259. The normalized spacial score (nSPS) is 35.7. The van der Waals surface area contributed by atoms with Gasteiger partial charge in [-0.2, -0.15) is 0 Å². The van der Waals surface area contributed by atoms with Gasteiger partial charge >= 0.3 is 5.97 Å². The molecule has 2 aliphatic rings. The van der Waals surface area contributed by atoms with Crippen LogP contribution in [0, 0.1) is 5.92 Å². The Morgan fingerprint density at radius 2 is 1.88 bits per heavy atom. The third kappa shape index (κ3) is 3.01. The van der Waals surface area contributed by atoms with Gasteiger partial charge in [0.2, 0.25) is 0 Å². The van der Waals surface area contributed by atoms with E-state index in [1.165, 1.54) is 38.5 Å². The molecule has 0 amide bonds. The highest BCUT2D eigenvalue weighted by molar-refractivity contribution is 5.73. The number of aliphatic carboxylic acids is 1. The summed E-state index contributed by atoms with van der Waals surface area (Å²) in [5.41, 5.74) is 0. The topological polar surface area (TPSA) is 40.5 Å². The van der Waals surface area contributed by atoms with Crippen molar-refractivity contribution >= 4 is 5.97 Å². The number of carbonyl (C=O) groups is 1. The molecule has 2 rings (SSSR count). The van der Waals surface area contributed by atoms with Crippen LogP contribution in [0.4, 0.5) is 0 Å². The summed E-state index contributed by atoms with van der Waals surface area (Å²) in [6.45, 7) is 3.27. The quantitative estimate of drug-likeness (QED) is 0.823. The minimum Gasteiger partial charge on any atom is -0.480 e. The maximum atomic E-state index is 11.3. The fourth-order valence-corrected chi connectivity index (χ4v) is 3.54. The summed E-state index contributed by atoms with van der Waals surface area (Å²) < 4.78 is 0. The SMILES string of the molecule is CCC1CCC(N2CCCCC2C(=O)O)CC1. The van der Waals surface area contributed by atoms with Crippen LogP contribution in [0.2, 0.25) is 0 Å². The van der Waals surface area contributed by atoms with Crippen LogP contribution in [0.15, 0.2) is 0 Å². The highest BCUT2D eigenvalue weighted by atomic mass is 16.4. The van der Waals surface area contributed by atoms with Crippen molar-refractivity contribution in [2.45, 2.75) is 70.4 Å². The van der Waals surface area contributed by atoms with E-state index >= 15 is 0 Å². The minimum absolute atomic E-state index is 0.202. The number of carboxylic acid groups (broad SMARTS) is 1. The minimum atomic E-state index is -0.609. The summed E-state index contributed by atoms with van der Waals surface area (Å²) in [6, 6.07) is 0.339. The highest BCUT2D eigenvalue weighted by Gasteiger charge is 2.34. The van der Waals surface area contributed by atoms with E-state index in [0.717, 1.165) is 25.3 Å². The molecule has 2 fully saturated rings. The predicted molar refractivity (Wildman–Crippen MR) is 68.0 cm³/mol. The van der Waals surface area contributed by atoms with E-state index in [4.69, 9.17) is 0 Å². The monoisotopic (exact) mass is 239 g/mol. The summed E-state index contributed by atoms with van der Waals surface area (Å²) in [7, 11) is 0. The van der Waals surface area contributed by atoms with Crippen molar-refractivity contribution in [1.82, 2.24) is 4.90 Å². The van der Waals surface area contributed by atoms with Gasteiger partial charge in [-0.1, -0.05) is 19.8 Å². The standard InChI is InChI=1S/C14H25NO2/c1-2-11-6-8-12(9-7-11)15-10-4-3-5-13(15)14(16)17/h11-13H,2-10H2,1H3,(H,16,17). The fourth-order valence-electron chi connectivity index (χ4n) is 3.54. The van der Waals surface area contributed by atoms with E-state index in [0.29, 0.717) is 6.04 Å². The molecule has 1 saturated heterocycles. The summed E-state index contributed by atoms with van der Waals surface area (Å²) in [6.07, 6.45) is 9.41. The lowest BCUT2D eigenvalue weighted by atomic mass is 9.82. The number of hydrogen-bond donors (Lipinski definition) is 1. The van der Waals surface area contributed by atoms with Crippen LogP contribution in [0.1, 0.15) is 58.3 Å². The molecule has 1 aliphatic heterocycles. The molecule has 0 bridgehead atoms. The van der Waals surface area contributed by atoms with Gasteiger partial charge in [-0.25, -0.2) is 0 Å². The average molecular weight is 239 g/mol. The van der Waals surface area contributed by atoms with Crippen LogP contribution < -0.4 is 0 Å². The molecule has 0 aromatic carbocycles. The summed E-state index contributed by atoms with van der Waals surface area (Å²) >= 11 is 0. The molecule has 1 atom stereocenters. The van der Waals surface area contributed by atoms with E-state index in [9.17, 15) is 9.90 Å². The molecule has 1 heterocycles. The van der Waals surface area contributed by atoms with Gasteiger partial charge in [-0.3, -0.25) is 9.69 Å². The largest absolute Gasteiger partial charge is 0.480 e. The van der Waals surface area contributed by atoms with Crippen molar-refractivity contribution in [3.63, 3.8) is 0 Å². The van der Waals surface area contributed by atoms with E-state index in [-0.39, 0.29) is 6.04 Å². The Hall–Kier alpha value is -0.570. The highest BCUT2D eigenvalue weighted by Crippen LogP contribution is 2.32. The lowest BCUT2D eigenvalue weighted by Crippen LogP contribution is -2.51. The second-order valence-electron chi connectivity index (χ2n) is 5.67. The number of hydrogen-bond acceptors (Lipinski definition) is 2. The zero-order chi connectivity index (χ0) is 12.3. The molecule has 1 unspecified atom stereocenters. The second-order valence-corrected chi connectivity index (χ2v) is 5.67. The molecular formula is C14H25NO2. The van der Waals surface area contributed by atoms with E-state index in [1.807, 2.05) is 0 Å². The molecule has 0 radical (unpaired) electrons. The number of piperidine rings is 1. The van der Waals surface area contributed by atoms with E-state index in [2.05, 4.69) is 11.8 Å². The number of nitrogens with zero attached hydrogens (tertiary/aromatic N) is 1. The fraction of sp³-hybridized carbons (Fsp3) is 0.929. The van der Waals surface area contributed by atoms with Gasteiger partial charge in [0.15, 0.2) is 0 Å². The van der Waals surface area contributed by atoms with Crippen molar-refractivity contribution in [3.8, 4) is 0 Å². The van der Waals surface area contributed by atoms with Gasteiger partial charge in [0, 0.05) is 6.04 Å². The Morgan fingerprint density at radius 3 is 2.47 bits per heavy atom.